The van der Waals surface area contributed by atoms with E-state index in [2.05, 4.69) is 10.6 Å². The van der Waals surface area contributed by atoms with Crippen molar-refractivity contribution in [3.8, 4) is 11.5 Å². The lowest BCUT2D eigenvalue weighted by Crippen LogP contribution is -2.15. The number of rotatable bonds is 5. The van der Waals surface area contributed by atoms with Crippen LogP contribution in [0.3, 0.4) is 0 Å². The number of ether oxygens (including phenoxy) is 2. The molecule has 5 rings (SSSR count). The summed E-state index contributed by atoms with van der Waals surface area (Å²) in [5.41, 5.74) is 1.82. The van der Waals surface area contributed by atoms with Gasteiger partial charge in [-0.25, -0.2) is 4.39 Å². The van der Waals surface area contributed by atoms with Gasteiger partial charge in [0, 0.05) is 17.1 Å². The molecule has 2 amide bonds. The fraction of sp³-hybridized carbons (Fsp3) is 0.0400. The maximum absolute atomic E-state index is 13.2. The number of hydrogen-bond acceptors (Lipinski definition) is 5. The molecular weight excluding hydrogens is 427 g/mol. The Hall–Kier alpha value is -4.59. The van der Waals surface area contributed by atoms with Gasteiger partial charge in [-0.15, -0.1) is 0 Å². The minimum atomic E-state index is -0.576. The number of nitrogens with one attached hydrogen (secondary N) is 2. The summed E-state index contributed by atoms with van der Waals surface area (Å²) >= 11 is 0. The van der Waals surface area contributed by atoms with Crippen LogP contribution in [0.4, 0.5) is 15.8 Å². The molecule has 0 aliphatic carbocycles. The summed E-state index contributed by atoms with van der Waals surface area (Å²) in [5, 5.41) is 5.96. The molecule has 0 bridgehead atoms. The van der Waals surface area contributed by atoms with Gasteiger partial charge in [0.2, 0.25) is 18.5 Å². The minimum Gasteiger partial charge on any atom is -0.454 e. The fourth-order valence-electron chi connectivity index (χ4n) is 3.40. The third-order valence-corrected chi connectivity index (χ3v) is 4.98. The minimum absolute atomic E-state index is 0.0645. The van der Waals surface area contributed by atoms with Gasteiger partial charge in [0.05, 0.1) is 0 Å². The maximum atomic E-state index is 13.2. The quantitative estimate of drug-likeness (QED) is 0.413. The number of hydrogen-bond donors (Lipinski definition) is 2. The summed E-state index contributed by atoms with van der Waals surface area (Å²) < 4.78 is 29.5. The topological polar surface area (TPSA) is 89.8 Å². The Labute approximate surface area is 187 Å². The molecule has 0 fully saturated rings. The molecule has 33 heavy (non-hydrogen) atoms. The predicted octanol–water partition coefficient (Wildman–Crippen LogP) is 5.20. The molecular formula is C25H17FN2O5. The third kappa shape index (κ3) is 4.27. The third-order valence-electron chi connectivity index (χ3n) is 4.98. The van der Waals surface area contributed by atoms with Crippen LogP contribution in [0, 0.1) is 5.82 Å². The van der Waals surface area contributed by atoms with Crippen LogP contribution in [0.15, 0.2) is 77.2 Å². The largest absolute Gasteiger partial charge is 0.454 e. The normalized spacial score (nSPS) is 12.3. The lowest BCUT2D eigenvalue weighted by atomic mass is 10.2. The Bertz CT molecular complexity index is 1390. The highest BCUT2D eigenvalue weighted by Gasteiger charge is 2.22. The van der Waals surface area contributed by atoms with Crippen molar-refractivity contribution in [2.75, 3.05) is 17.4 Å². The molecule has 7 nitrogen and oxygen atoms in total. The number of anilines is 2. The van der Waals surface area contributed by atoms with Gasteiger partial charge in [0.15, 0.2) is 11.5 Å². The molecule has 1 aliphatic heterocycles. The van der Waals surface area contributed by atoms with Gasteiger partial charge < -0.3 is 24.5 Å². The smallest absolute Gasteiger partial charge is 0.293 e. The van der Waals surface area contributed by atoms with E-state index in [1.165, 1.54) is 30.3 Å². The van der Waals surface area contributed by atoms with Crippen LogP contribution in [-0.2, 0) is 4.79 Å². The first-order valence-corrected chi connectivity index (χ1v) is 10.0. The van der Waals surface area contributed by atoms with Gasteiger partial charge in [-0.2, -0.15) is 0 Å². The van der Waals surface area contributed by atoms with Crippen LogP contribution in [-0.4, -0.2) is 18.6 Å². The highest BCUT2D eigenvalue weighted by atomic mass is 19.1. The van der Waals surface area contributed by atoms with E-state index in [1.807, 2.05) is 0 Å². The summed E-state index contributed by atoms with van der Waals surface area (Å²) in [5.74, 6) is -0.247. The monoisotopic (exact) mass is 444 g/mol. The number of benzene rings is 3. The van der Waals surface area contributed by atoms with Crippen molar-refractivity contribution in [3.63, 3.8) is 0 Å². The van der Waals surface area contributed by atoms with Crippen LogP contribution >= 0.6 is 0 Å². The van der Waals surface area contributed by atoms with E-state index in [-0.39, 0.29) is 18.2 Å². The first-order valence-electron chi connectivity index (χ1n) is 10.0. The summed E-state index contributed by atoms with van der Waals surface area (Å²) in [7, 11) is 0. The predicted molar refractivity (Wildman–Crippen MR) is 121 cm³/mol. The molecule has 1 aromatic heterocycles. The lowest BCUT2D eigenvalue weighted by molar-refractivity contribution is -0.111. The first-order chi connectivity index (χ1) is 16.1. The summed E-state index contributed by atoms with van der Waals surface area (Å²) in [6.07, 6.45) is 2.97. The van der Waals surface area contributed by atoms with E-state index in [1.54, 1.807) is 48.5 Å². The molecule has 1 aliphatic rings. The molecule has 0 radical (unpaired) electrons. The van der Waals surface area contributed by atoms with Crippen LogP contribution in [0.1, 0.15) is 16.1 Å². The molecule has 2 N–H and O–H groups in total. The summed E-state index contributed by atoms with van der Waals surface area (Å²) in [4.78, 5) is 25.5. The van der Waals surface area contributed by atoms with Gasteiger partial charge >= 0.3 is 0 Å². The number of carbonyl (C=O) groups is 2. The Balaban J connectivity index is 1.39. The Kier molecular flexibility index (Phi) is 5.24. The second-order valence-corrected chi connectivity index (χ2v) is 7.20. The molecule has 0 spiro atoms. The average Bonchev–Trinajstić information content (AvgIpc) is 3.44. The number of halogens is 1. The van der Waals surface area contributed by atoms with Crippen molar-refractivity contribution in [3.05, 3.63) is 89.9 Å². The highest BCUT2D eigenvalue weighted by Crippen LogP contribution is 2.33. The molecule has 4 aromatic rings. The van der Waals surface area contributed by atoms with E-state index in [0.717, 1.165) is 5.56 Å². The Morgan fingerprint density at radius 2 is 1.70 bits per heavy atom. The molecule has 0 saturated carbocycles. The van der Waals surface area contributed by atoms with Crippen molar-refractivity contribution >= 4 is 40.2 Å². The van der Waals surface area contributed by atoms with Crippen LogP contribution in [0.5, 0.6) is 11.5 Å². The molecule has 3 aromatic carbocycles. The molecule has 0 unspecified atom stereocenters. The summed E-state index contributed by atoms with van der Waals surface area (Å²) in [6, 6.07) is 17.6. The van der Waals surface area contributed by atoms with Crippen molar-refractivity contribution < 1.29 is 27.9 Å². The van der Waals surface area contributed by atoms with Gasteiger partial charge in [-0.1, -0.05) is 18.2 Å². The zero-order valence-corrected chi connectivity index (χ0v) is 17.1. The number of furan rings is 1. The molecule has 0 atom stereocenters. The molecule has 8 heteroatoms. The van der Waals surface area contributed by atoms with E-state index < -0.39 is 17.6 Å². The maximum Gasteiger partial charge on any atom is 0.293 e. The number of carbonyl (C=O) groups excluding carboxylic acids is 2. The molecule has 2 heterocycles. The van der Waals surface area contributed by atoms with E-state index >= 15 is 0 Å². The second-order valence-electron chi connectivity index (χ2n) is 7.20. The van der Waals surface area contributed by atoms with Crippen molar-refractivity contribution in [2.45, 2.75) is 0 Å². The van der Waals surface area contributed by atoms with Gasteiger partial charge in [0.1, 0.15) is 17.1 Å². The Morgan fingerprint density at radius 1 is 0.909 bits per heavy atom. The number of fused-ring (bicyclic) bond motifs is 2. The molecule has 0 saturated heterocycles. The van der Waals surface area contributed by atoms with Crippen LogP contribution < -0.4 is 20.1 Å². The van der Waals surface area contributed by atoms with E-state index in [0.29, 0.717) is 28.2 Å². The summed E-state index contributed by atoms with van der Waals surface area (Å²) in [6.45, 7) is 0.166. The SMILES string of the molecule is O=C(/C=C/c1ccc2c(c1)OCO2)Nc1c(C(=O)Nc2ccc(F)cc2)oc2ccccc12. The zero-order valence-electron chi connectivity index (χ0n) is 17.1. The van der Waals surface area contributed by atoms with Crippen molar-refractivity contribution in [1.29, 1.82) is 0 Å². The van der Waals surface area contributed by atoms with Crippen LogP contribution in [0.25, 0.3) is 17.0 Å². The molecule has 164 valence electrons. The Morgan fingerprint density at radius 3 is 2.55 bits per heavy atom. The lowest BCUT2D eigenvalue weighted by Gasteiger charge is -2.06. The van der Waals surface area contributed by atoms with Crippen molar-refractivity contribution in [2.24, 2.45) is 0 Å². The highest BCUT2D eigenvalue weighted by molar-refractivity contribution is 6.16. The van der Waals surface area contributed by atoms with Gasteiger partial charge in [0.25, 0.3) is 5.91 Å². The van der Waals surface area contributed by atoms with Gasteiger partial charge in [-0.3, -0.25) is 9.59 Å². The van der Waals surface area contributed by atoms with E-state index in [4.69, 9.17) is 13.9 Å². The average molecular weight is 444 g/mol. The number of amides is 2. The fourth-order valence-corrected chi connectivity index (χ4v) is 3.40. The van der Waals surface area contributed by atoms with Crippen LogP contribution in [0.2, 0.25) is 0 Å². The van der Waals surface area contributed by atoms with E-state index in [9.17, 15) is 14.0 Å². The van der Waals surface area contributed by atoms with Gasteiger partial charge in [-0.05, 0) is 60.2 Å². The first kappa shape index (κ1) is 20.3. The van der Waals surface area contributed by atoms with Crippen molar-refractivity contribution in [1.82, 2.24) is 0 Å². The zero-order chi connectivity index (χ0) is 22.8. The standard InChI is InChI=1S/C25H17FN2O5/c26-16-7-9-17(10-8-16)27-25(30)24-23(18-3-1-2-4-19(18)33-24)28-22(29)12-6-15-5-11-20-21(13-15)32-14-31-20/h1-13H,14H2,(H,27,30)(H,28,29)/b12-6+. The second kappa shape index (κ2) is 8.51. The number of para-hydroxylation sites is 1.